The number of hydrogen-bond donors (Lipinski definition) is 4. The number of carbonyl (C=O) groups excluding carboxylic acids is 2. The van der Waals surface area contributed by atoms with E-state index in [0.29, 0.717) is 22.8 Å². The fourth-order valence-electron chi connectivity index (χ4n) is 2.62. The Balaban J connectivity index is 1.57. The summed E-state index contributed by atoms with van der Waals surface area (Å²) in [6.45, 7) is 3.11. The fourth-order valence-corrected chi connectivity index (χ4v) is 2.80. The zero-order valence-electron chi connectivity index (χ0n) is 14.9. The highest BCUT2D eigenvalue weighted by Gasteiger charge is 2.10. The van der Waals surface area contributed by atoms with Crippen LogP contribution >= 0.6 is 11.6 Å². The smallest absolute Gasteiger partial charge is 0.267 e. The van der Waals surface area contributed by atoms with Gasteiger partial charge in [-0.25, -0.2) is 5.43 Å². The molecule has 2 amide bonds. The first-order chi connectivity index (χ1) is 13.1. The van der Waals surface area contributed by atoms with Crippen molar-refractivity contribution >= 4 is 34.3 Å². The quantitative estimate of drug-likeness (QED) is 0.372. The summed E-state index contributed by atoms with van der Waals surface area (Å²) < 4.78 is 0. The van der Waals surface area contributed by atoms with Crippen molar-refractivity contribution < 1.29 is 9.59 Å². The second-order valence-corrected chi connectivity index (χ2v) is 6.61. The SMILES string of the molecule is CCCNNC(=O)c1ccc(CNC(=O)c2cc3cc(Cl)ccc3[nH]2)cc1. The number of rotatable bonds is 7. The molecular formula is C20H21ClN4O2. The average Bonchev–Trinajstić information content (AvgIpc) is 3.10. The van der Waals surface area contributed by atoms with Crippen molar-refractivity contribution in [3.8, 4) is 0 Å². The lowest BCUT2D eigenvalue weighted by Gasteiger charge is -2.07. The molecule has 0 fully saturated rings. The van der Waals surface area contributed by atoms with Crippen molar-refractivity contribution in [2.45, 2.75) is 19.9 Å². The van der Waals surface area contributed by atoms with E-state index >= 15 is 0 Å². The number of hydrazine groups is 1. The van der Waals surface area contributed by atoms with Crippen molar-refractivity contribution in [1.29, 1.82) is 0 Å². The number of H-pyrrole nitrogens is 1. The number of benzene rings is 2. The molecule has 0 unspecified atom stereocenters. The van der Waals surface area contributed by atoms with Crippen molar-refractivity contribution in [3.63, 3.8) is 0 Å². The third-order valence-electron chi connectivity index (χ3n) is 4.07. The summed E-state index contributed by atoms with van der Waals surface area (Å²) in [5.74, 6) is -0.385. The van der Waals surface area contributed by atoms with Crippen LogP contribution in [-0.4, -0.2) is 23.3 Å². The van der Waals surface area contributed by atoms with E-state index in [-0.39, 0.29) is 11.8 Å². The van der Waals surface area contributed by atoms with Crippen molar-refractivity contribution in [1.82, 2.24) is 21.2 Å². The third kappa shape index (κ3) is 4.87. The van der Waals surface area contributed by atoms with Gasteiger partial charge in [0.2, 0.25) is 0 Å². The zero-order valence-corrected chi connectivity index (χ0v) is 15.7. The average molecular weight is 385 g/mol. The zero-order chi connectivity index (χ0) is 19.2. The molecule has 0 aliphatic heterocycles. The van der Waals surface area contributed by atoms with Crippen molar-refractivity contribution in [3.05, 3.63) is 70.4 Å². The first-order valence-electron chi connectivity index (χ1n) is 8.75. The number of fused-ring (bicyclic) bond motifs is 1. The van der Waals surface area contributed by atoms with Gasteiger partial charge in [-0.2, -0.15) is 0 Å². The van der Waals surface area contributed by atoms with Crippen LogP contribution < -0.4 is 16.2 Å². The van der Waals surface area contributed by atoms with E-state index in [1.165, 1.54) is 0 Å². The largest absolute Gasteiger partial charge is 0.351 e. The Morgan fingerprint density at radius 2 is 1.81 bits per heavy atom. The maximum absolute atomic E-state index is 12.3. The topological polar surface area (TPSA) is 86.0 Å². The molecule has 0 saturated heterocycles. The molecule has 0 atom stereocenters. The highest BCUT2D eigenvalue weighted by Crippen LogP contribution is 2.20. The van der Waals surface area contributed by atoms with E-state index in [1.807, 2.05) is 31.2 Å². The number of carbonyl (C=O) groups is 2. The van der Waals surface area contributed by atoms with E-state index in [4.69, 9.17) is 11.6 Å². The molecule has 6 nitrogen and oxygen atoms in total. The second-order valence-electron chi connectivity index (χ2n) is 6.18. The number of aromatic nitrogens is 1. The van der Waals surface area contributed by atoms with Crippen LogP contribution in [0.25, 0.3) is 10.9 Å². The minimum atomic E-state index is -0.201. The molecule has 1 heterocycles. The third-order valence-corrected chi connectivity index (χ3v) is 4.31. The summed E-state index contributed by atoms with van der Waals surface area (Å²) in [5, 5.41) is 4.38. The molecule has 0 saturated carbocycles. The lowest BCUT2D eigenvalue weighted by molar-refractivity contribution is 0.0929. The first kappa shape index (κ1) is 18.9. The molecule has 4 N–H and O–H groups in total. The Morgan fingerprint density at radius 3 is 2.56 bits per heavy atom. The van der Waals surface area contributed by atoms with Gasteiger partial charge in [-0.3, -0.25) is 15.0 Å². The van der Waals surface area contributed by atoms with E-state index < -0.39 is 0 Å². The number of hydrogen-bond acceptors (Lipinski definition) is 3. The number of amides is 2. The van der Waals surface area contributed by atoms with E-state index in [1.54, 1.807) is 24.3 Å². The predicted molar refractivity (Wildman–Crippen MR) is 107 cm³/mol. The highest BCUT2D eigenvalue weighted by molar-refractivity contribution is 6.31. The van der Waals surface area contributed by atoms with Crippen LogP contribution in [0.5, 0.6) is 0 Å². The van der Waals surface area contributed by atoms with Crippen molar-refractivity contribution in [2.24, 2.45) is 0 Å². The molecule has 27 heavy (non-hydrogen) atoms. The van der Waals surface area contributed by atoms with Gasteiger partial charge < -0.3 is 10.3 Å². The molecule has 0 aliphatic carbocycles. The fraction of sp³-hybridized carbons (Fsp3) is 0.200. The Hall–Kier alpha value is -2.83. The lowest BCUT2D eigenvalue weighted by atomic mass is 10.1. The van der Waals surface area contributed by atoms with E-state index in [9.17, 15) is 9.59 Å². The van der Waals surface area contributed by atoms with Gasteiger partial charge in [-0.1, -0.05) is 30.7 Å². The van der Waals surface area contributed by atoms with Gasteiger partial charge in [0.05, 0.1) is 0 Å². The Kier molecular flexibility index (Phi) is 6.11. The maximum atomic E-state index is 12.3. The maximum Gasteiger partial charge on any atom is 0.267 e. The minimum absolute atomic E-state index is 0.184. The summed E-state index contributed by atoms with van der Waals surface area (Å²) in [6, 6.07) is 14.3. The van der Waals surface area contributed by atoms with Gasteiger partial charge in [0.15, 0.2) is 0 Å². The van der Waals surface area contributed by atoms with Crippen LogP contribution in [0.4, 0.5) is 0 Å². The van der Waals surface area contributed by atoms with Gasteiger partial charge in [-0.05, 0) is 48.4 Å². The van der Waals surface area contributed by atoms with Crippen LogP contribution in [0.3, 0.4) is 0 Å². The molecule has 0 bridgehead atoms. The summed E-state index contributed by atoms with van der Waals surface area (Å²) in [6.07, 6.45) is 0.933. The molecule has 0 aliphatic rings. The lowest BCUT2D eigenvalue weighted by Crippen LogP contribution is -2.37. The van der Waals surface area contributed by atoms with Crippen LogP contribution in [0.15, 0.2) is 48.5 Å². The van der Waals surface area contributed by atoms with Gasteiger partial charge in [0.25, 0.3) is 11.8 Å². The predicted octanol–water partition coefficient (Wildman–Crippen LogP) is 3.40. The Labute approximate surface area is 162 Å². The van der Waals surface area contributed by atoms with Gasteiger partial charge >= 0.3 is 0 Å². The van der Waals surface area contributed by atoms with Gasteiger partial charge in [0.1, 0.15) is 5.69 Å². The second kappa shape index (κ2) is 8.70. The Bertz CT molecular complexity index is 950. The summed E-state index contributed by atoms with van der Waals surface area (Å²) in [7, 11) is 0. The van der Waals surface area contributed by atoms with Gasteiger partial charge in [0, 0.05) is 34.6 Å². The van der Waals surface area contributed by atoms with Gasteiger partial charge in [-0.15, -0.1) is 0 Å². The molecular weight excluding hydrogens is 364 g/mol. The molecule has 2 aromatic carbocycles. The molecule has 140 valence electrons. The monoisotopic (exact) mass is 384 g/mol. The Morgan fingerprint density at radius 1 is 1.04 bits per heavy atom. The number of halogens is 1. The standard InChI is InChI=1S/C20H21ClN4O2/c1-2-9-23-25-19(26)14-5-3-13(4-6-14)12-22-20(27)18-11-15-10-16(21)7-8-17(15)24-18/h3-8,10-11,23-24H,2,9,12H2,1H3,(H,22,27)(H,25,26). The summed E-state index contributed by atoms with van der Waals surface area (Å²) in [4.78, 5) is 27.4. The summed E-state index contributed by atoms with van der Waals surface area (Å²) in [5.41, 5.74) is 8.28. The molecule has 7 heteroatoms. The van der Waals surface area contributed by atoms with E-state index in [2.05, 4.69) is 21.2 Å². The van der Waals surface area contributed by atoms with Crippen molar-refractivity contribution in [2.75, 3.05) is 6.54 Å². The minimum Gasteiger partial charge on any atom is -0.351 e. The van der Waals surface area contributed by atoms with E-state index in [0.717, 1.165) is 29.4 Å². The van der Waals surface area contributed by atoms with Crippen LogP contribution in [0.1, 0.15) is 39.8 Å². The number of nitrogens with one attached hydrogen (secondary N) is 4. The van der Waals surface area contributed by atoms with Crippen LogP contribution in [-0.2, 0) is 6.54 Å². The normalized spacial score (nSPS) is 10.7. The molecule has 3 rings (SSSR count). The molecule has 0 spiro atoms. The molecule has 1 aromatic heterocycles. The molecule has 0 radical (unpaired) electrons. The number of aromatic amines is 1. The van der Waals surface area contributed by atoms with Crippen LogP contribution in [0, 0.1) is 0 Å². The van der Waals surface area contributed by atoms with Crippen LogP contribution in [0.2, 0.25) is 5.02 Å². The summed E-state index contributed by atoms with van der Waals surface area (Å²) >= 11 is 5.97. The first-order valence-corrected chi connectivity index (χ1v) is 9.13. The molecule has 3 aromatic rings. The highest BCUT2D eigenvalue weighted by atomic mass is 35.5.